The van der Waals surface area contributed by atoms with Gasteiger partial charge in [-0.2, -0.15) is 0 Å². The highest BCUT2D eigenvalue weighted by molar-refractivity contribution is 5.26. The van der Waals surface area contributed by atoms with Gasteiger partial charge in [0.1, 0.15) is 5.75 Å². The molecule has 0 amide bonds. The van der Waals surface area contributed by atoms with Crippen LogP contribution in [-0.4, -0.2) is 35.2 Å². The minimum Gasteiger partial charge on any atom is -0.508 e. The standard InChI is InChI=1S/C14H22N2O/c1-11(2)16-7-6-13(10-16)15-9-12-4-3-5-14(17)8-12/h3-5,8,11,13,15,17H,6-7,9-10H2,1-2H3/t13-/m0/s1. The highest BCUT2D eigenvalue weighted by Crippen LogP contribution is 2.14. The average molecular weight is 234 g/mol. The van der Waals surface area contributed by atoms with Gasteiger partial charge in [0, 0.05) is 25.2 Å². The van der Waals surface area contributed by atoms with Gasteiger partial charge >= 0.3 is 0 Å². The number of nitrogens with one attached hydrogen (secondary N) is 1. The summed E-state index contributed by atoms with van der Waals surface area (Å²) in [6, 6.07) is 8.69. The van der Waals surface area contributed by atoms with E-state index in [-0.39, 0.29) is 0 Å². The molecule has 0 saturated carbocycles. The van der Waals surface area contributed by atoms with E-state index in [0.29, 0.717) is 17.8 Å². The van der Waals surface area contributed by atoms with Crippen molar-refractivity contribution < 1.29 is 5.11 Å². The second-order valence-corrected chi connectivity index (χ2v) is 5.13. The van der Waals surface area contributed by atoms with Crippen LogP contribution in [-0.2, 0) is 6.54 Å². The maximum absolute atomic E-state index is 9.38. The average Bonchev–Trinajstić information content (AvgIpc) is 2.75. The van der Waals surface area contributed by atoms with Crippen molar-refractivity contribution in [2.75, 3.05) is 13.1 Å². The molecule has 1 aliphatic rings. The number of rotatable bonds is 4. The highest BCUT2D eigenvalue weighted by Gasteiger charge is 2.23. The van der Waals surface area contributed by atoms with Crippen molar-refractivity contribution in [3.63, 3.8) is 0 Å². The summed E-state index contributed by atoms with van der Waals surface area (Å²) in [5, 5.41) is 12.9. The van der Waals surface area contributed by atoms with Gasteiger partial charge in [-0.3, -0.25) is 4.90 Å². The molecule has 2 N–H and O–H groups in total. The molecule has 1 aromatic carbocycles. The molecule has 94 valence electrons. The van der Waals surface area contributed by atoms with E-state index in [4.69, 9.17) is 0 Å². The van der Waals surface area contributed by atoms with Gasteiger partial charge in [0.05, 0.1) is 0 Å². The maximum Gasteiger partial charge on any atom is 0.115 e. The fourth-order valence-electron chi connectivity index (χ4n) is 2.35. The van der Waals surface area contributed by atoms with Crippen LogP contribution in [0, 0.1) is 0 Å². The lowest BCUT2D eigenvalue weighted by Gasteiger charge is -2.20. The Balaban J connectivity index is 1.80. The fourth-order valence-corrected chi connectivity index (χ4v) is 2.35. The number of likely N-dealkylation sites (tertiary alicyclic amines) is 1. The summed E-state index contributed by atoms with van der Waals surface area (Å²) < 4.78 is 0. The van der Waals surface area contributed by atoms with Crippen LogP contribution in [0.25, 0.3) is 0 Å². The first-order valence-corrected chi connectivity index (χ1v) is 6.40. The Bertz CT molecular complexity index is 365. The summed E-state index contributed by atoms with van der Waals surface area (Å²) in [5.74, 6) is 0.347. The number of aromatic hydroxyl groups is 1. The van der Waals surface area contributed by atoms with Gasteiger partial charge < -0.3 is 10.4 Å². The van der Waals surface area contributed by atoms with Crippen LogP contribution in [0.1, 0.15) is 25.8 Å². The van der Waals surface area contributed by atoms with Gasteiger partial charge in [0.15, 0.2) is 0 Å². The molecule has 0 aromatic heterocycles. The molecule has 1 atom stereocenters. The number of phenolic OH excluding ortho intramolecular Hbond substituents is 1. The Labute approximate surface area is 103 Å². The van der Waals surface area contributed by atoms with E-state index in [1.165, 1.54) is 13.0 Å². The fraction of sp³-hybridized carbons (Fsp3) is 0.571. The summed E-state index contributed by atoms with van der Waals surface area (Å²) in [5.41, 5.74) is 1.15. The van der Waals surface area contributed by atoms with Crippen LogP contribution < -0.4 is 5.32 Å². The summed E-state index contributed by atoms with van der Waals surface area (Å²) in [6.07, 6.45) is 1.22. The summed E-state index contributed by atoms with van der Waals surface area (Å²) in [6.45, 7) is 7.66. The molecule has 1 aliphatic heterocycles. The van der Waals surface area contributed by atoms with E-state index < -0.39 is 0 Å². The molecular weight excluding hydrogens is 212 g/mol. The zero-order valence-electron chi connectivity index (χ0n) is 10.7. The van der Waals surface area contributed by atoms with Crippen LogP contribution >= 0.6 is 0 Å². The van der Waals surface area contributed by atoms with Gasteiger partial charge in [-0.05, 0) is 44.5 Å². The second-order valence-electron chi connectivity index (χ2n) is 5.13. The van der Waals surface area contributed by atoms with Gasteiger partial charge in [0.2, 0.25) is 0 Å². The monoisotopic (exact) mass is 234 g/mol. The summed E-state index contributed by atoms with van der Waals surface area (Å²) >= 11 is 0. The Morgan fingerprint density at radius 3 is 2.94 bits per heavy atom. The normalized spacial score (nSPS) is 21.2. The van der Waals surface area contributed by atoms with E-state index in [0.717, 1.165) is 18.7 Å². The number of hydrogen-bond acceptors (Lipinski definition) is 3. The molecule has 0 spiro atoms. The van der Waals surface area contributed by atoms with Crippen LogP contribution in [0.5, 0.6) is 5.75 Å². The number of nitrogens with zero attached hydrogens (tertiary/aromatic N) is 1. The molecule has 1 fully saturated rings. The second kappa shape index (κ2) is 5.52. The largest absolute Gasteiger partial charge is 0.508 e. The smallest absolute Gasteiger partial charge is 0.115 e. The summed E-state index contributed by atoms with van der Waals surface area (Å²) in [7, 11) is 0. The first-order valence-electron chi connectivity index (χ1n) is 6.40. The quantitative estimate of drug-likeness (QED) is 0.836. The zero-order valence-corrected chi connectivity index (χ0v) is 10.7. The molecule has 17 heavy (non-hydrogen) atoms. The third-order valence-corrected chi connectivity index (χ3v) is 3.46. The van der Waals surface area contributed by atoms with Crippen molar-refractivity contribution in [3.8, 4) is 5.75 Å². The van der Waals surface area contributed by atoms with E-state index in [2.05, 4.69) is 24.1 Å². The zero-order chi connectivity index (χ0) is 12.3. The molecule has 1 aromatic rings. The molecule has 1 heterocycles. The van der Waals surface area contributed by atoms with E-state index >= 15 is 0 Å². The Hall–Kier alpha value is -1.06. The molecule has 0 aliphatic carbocycles. The minimum atomic E-state index is 0.347. The first kappa shape index (κ1) is 12.4. The Morgan fingerprint density at radius 2 is 2.29 bits per heavy atom. The van der Waals surface area contributed by atoms with Crippen molar-refractivity contribution in [2.24, 2.45) is 0 Å². The van der Waals surface area contributed by atoms with Crippen molar-refractivity contribution in [3.05, 3.63) is 29.8 Å². The van der Waals surface area contributed by atoms with Crippen molar-refractivity contribution in [2.45, 2.75) is 38.9 Å². The number of benzene rings is 1. The van der Waals surface area contributed by atoms with Crippen molar-refractivity contribution in [1.29, 1.82) is 0 Å². The first-order chi connectivity index (χ1) is 8.15. The molecule has 3 nitrogen and oxygen atoms in total. The predicted molar refractivity (Wildman–Crippen MR) is 70.1 cm³/mol. The minimum absolute atomic E-state index is 0.347. The highest BCUT2D eigenvalue weighted by atomic mass is 16.3. The van der Waals surface area contributed by atoms with Crippen LogP contribution in [0.4, 0.5) is 0 Å². The van der Waals surface area contributed by atoms with Crippen LogP contribution in [0.3, 0.4) is 0 Å². The van der Waals surface area contributed by atoms with Crippen LogP contribution in [0.2, 0.25) is 0 Å². The number of hydrogen-bond donors (Lipinski definition) is 2. The Kier molecular flexibility index (Phi) is 4.02. The molecule has 2 rings (SSSR count). The van der Waals surface area contributed by atoms with E-state index in [1.807, 2.05) is 18.2 Å². The maximum atomic E-state index is 9.38. The van der Waals surface area contributed by atoms with Gasteiger partial charge in [-0.1, -0.05) is 12.1 Å². The molecule has 0 radical (unpaired) electrons. The van der Waals surface area contributed by atoms with Crippen LogP contribution in [0.15, 0.2) is 24.3 Å². The third-order valence-electron chi connectivity index (χ3n) is 3.46. The lowest BCUT2D eigenvalue weighted by molar-refractivity contribution is 0.268. The molecular formula is C14H22N2O. The van der Waals surface area contributed by atoms with Crippen molar-refractivity contribution in [1.82, 2.24) is 10.2 Å². The number of phenols is 1. The topological polar surface area (TPSA) is 35.5 Å². The molecule has 1 saturated heterocycles. The molecule has 0 bridgehead atoms. The van der Waals surface area contributed by atoms with Gasteiger partial charge in [0.25, 0.3) is 0 Å². The van der Waals surface area contributed by atoms with E-state index in [1.54, 1.807) is 6.07 Å². The predicted octanol–water partition coefficient (Wildman–Crippen LogP) is 1.96. The molecule has 3 heteroatoms. The lowest BCUT2D eigenvalue weighted by atomic mass is 10.2. The molecule has 0 unspecified atom stereocenters. The van der Waals surface area contributed by atoms with Gasteiger partial charge in [-0.25, -0.2) is 0 Å². The van der Waals surface area contributed by atoms with Crippen molar-refractivity contribution >= 4 is 0 Å². The summed E-state index contributed by atoms with van der Waals surface area (Å²) in [4.78, 5) is 2.50. The Morgan fingerprint density at radius 1 is 1.47 bits per heavy atom. The SMILES string of the molecule is CC(C)N1CC[C@H](NCc2cccc(O)c2)C1. The lowest BCUT2D eigenvalue weighted by Crippen LogP contribution is -2.34. The van der Waals surface area contributed by atoms with E-state index in [9.17, 15) is 5.11 Å². The third kappa shape index (κ3) is 3.45. The van der Waals surface area contributed by atoms with Gasteiger partial charge in [-0.15, -0.1) is 0 Å².